The molecule has 0 amide bonds. The smallest absolute Gasteiger partial charge is 0.120 e. The molecule has 5 heteroatoms. The number of rotatable bonds is 7. The number of phenols is 5. The second kappa shape index (κ2) is 11.5. The molecule has 0 spiro atoms. The first-order chi connectivity index (χ1) is 22.3. The number of phenolic OH excluding ortho intramolecular Hbond substituents is 5. The van der Waals surface area contributed by atoms with Gasteiger partial charge in [-0.3, -0.25) is 0 Å². The summed E-state index contributed by atoms with van der Waals surface area (Å²) in [6.07, 6.45) is 0.316. The minimum Gasteiger partial charge on any atom is -0.508 e. The molecule has 0 atom stereocenters. The minimum atomic E-state index is -0.966. The van der Waals surface area contributed by atoms with Crippen molar-refractivity contribution in [3.8, 4) is 28.7 Å². The number of aromatic hydroxyl groups is 5. The molecule has 5 nitrogen and oxygen atoms in total. The highest BCUT2D eigenvalue weighted by Crippen LogP contribution is 2.53. The Kier molecular flexibility index (Phi) is 7.22. The highest BCUT2D eigenvalue weighted by atomic mass is 16.3. The maximum atomic E-state index is 11.7. The lowest BCUT2D eigenvalue weighted by atomic mass is 9.62. The van der Waals surface area contributed by atoms with Gasteiger partial charge < -0.3 is 25.5 Å². The molecule has 7 aromatic rings. The molecule has 5 N–H and O–H groups in total. The molecule has 226 valence electrons. The highest BCUT2D eigenvalue weighted by Gasteiger charge is 2.41. The summed E-state index contributed by atoms with van der Waals surface area (Å²) in [6.45, 7) is 0. The summed E-state index contributed by atoms with van der Waals surface area (Å²) in [7, 11) is 0. The van der Waals surface area contributed by atoms with Gasteiger partial charge >= 0.3 is 0 Å². The largest absolute Gasteiger partial charge is 0.508 e. The van der Waals surface area contributed by atoms with Crippen LogP contribution < -0.4 is 0 Å². The maximum Gasteiger partial charge on any atom is 0.120 e. The summed E-state index contributed by atoms with van der Waals surface area (Å²) in [5.41, 5.74) is 2.89. The Morgan fingerprint density at radius 3 is 1.11 bits per heavy atom. The fourth-order valence-corrected chi connectivity index (χ4v) is 7.05. The van der Waals surface area contributed by atoms with Crippen LogP contribution >= 0.6 is 0 Å². The Bertz CT molecular complexity index is 1970. The van der Waals surface area contributed by atoms with Gasteiger partial charge in [-0.25, -0.2) is 0 Å². The average Bonchev–Trinajstić information content (AvgIpc) is 3.07. The molecule has 0 aromatic heterocycles. The number of benzene rings is 7. The molecular formula is C41H32O5. The molecule has 0 unspecified atom stereocenters. The second-order valence-electron chi connectivity index (χ2n) is 11.7. The molecule has 0 saturated heterocycles. The Morgan fingerprint density at radius 2 is 0.739 bits per heavy atom. The van der Waals surface area contributed by atoms with Crippen LogP contribution in [0.2, 0.25) is 0 Å². The van der Waals surface area contributed by atoms with Crippen molar-refractivity contribution < 1.29 is 25.5 Å². The zero-order chi connectivity index (χ0) is 31.8. The van der Waals surface area contributed by atoms with Gasteiger partial charge in [0.05, 0.1) is 0 Å². The lowest BCUT2D eigenvalue weighted by molar-refractivity contribution is 0.438. The third-order valence-corrected chi connectivity index (χ3v) is 9.18. The van der Waals surface area contributed by atoms with Gasteiger partial charge in [0.1, 0.15) is 28.7 Å². The van der Waals surface area contributed by atoms with Crippen molar-refractivity contribution in [1.29, 1.82) is 0 Å². The van der Waals surface area contributed by atoms with Crippen molar-refractivity contribution >= 4 is 21.5 Å². The zero-order valence-corrected chi connectivity index (χ0v) is 24.9. The van der Waals surface area contributed by atoms with Crippen molar-refractivity contribution in [3.05, 3.63) is 173 Å². The normalized spacial score (nSPS) is 11.8. The summed E-state index contributed by atoms with van der Waals surface area (Å²) in [5.74, 6) is -0.0234. The standard InChI is InChI=1S/C41H32O5/c42-31-17-11-28(12-18-31)41(29-13-19-32(43)20-14-29,30-15-21-33(44)22-16-30)25-36(39-34-7-3-1-5-26(34)9-23-37(39)45)40-35-8-4-2-6-27(35)10-24-38(40)46/h1-24,36,42-46H,25H2. The quantitative estimate of drug-likeness (QED) is 0.117. The molecule has 0 radical (unpaired) electrons. The van der Waals surface area contributed by atoms with Crippen molar-refractivity contribution in [2.24, 2.45) is 0 Å². The van der Waals surface area contributed by atoms with Gasteiger partial charge in [0, 0.05) is 22.5 Å². The summed E-state index contributed by atoms with van der Waals surface area (Å²) >= 11 is 0. The number of hydrogen-bond acceptors (Lipinski definition) is 5. The van der Waals surface area contributed by atoms with E-state index in [0.717, 1.165) is 38.2 Å². The molecule has 0 heterocycles. The van der Waals surface area contributed by atoms with E-state index >= 15 is 0 Å². The van der Waals surface area contributed by atoms with E-state index in [1.165, 1.54) is 0 Å². The van der Waals surface area contributed by atoms with E-state index in [0.29, 0.717) is 17.5 Å². The van der Waals surface area contributed by atoms with Gasteiger partial charge in [0.2, 0.25) is 0 Å². The van der Waals surface area contributed by atoms with Gasteiger partial charge in [0.25, 0.3) is 0 Å². The van der Waals surface area contributed by atoms with E-state index in [1.807, 2.05) is 97.1 Å². The fraction of sp³-hybridized carbons (Fsp3) is 0.0732. The molecule has 0 aliphatic heterocycles. The summed E-state index contributed by atoms with van der Waals surface area (Å²) < 4.78 is 0. The van der Waals surface area contributed by atoms with Crippen LogP contribution in [0.5, 0.6) is 28.7 Å². The molecule has 0 aliphatic rings. The Morgan fingerprint density at radius 1 is 0.391 bits per heavy atom. The molecular weight excluding hydrogens is 572 g/mol. The van der Waals surface area contributed by atoms with E-state index in [2.05, 4.69) is 0 Å². The van der Waals surface area contributed by atoms with Gasteiger partial charge in [-0.15, -0.1) is 0 Å². The summed E-state index contributed by atoms with van der Waals surface area (Å²) in [6, 6.07) is 44.1. The molecule has 7 aromatic carbocycles. The zero-order valence-electron chi connectivity index (χ0n) is 24.9. The molecule has 0 bridgehead atoms. The van der Waals surface area contributed by atoms with E-state index in [-0.39, 0.29) is 28.7 Å². The van der Waals surface area contributed by atoms with E-state index in [1.54, 1.807) is 48.5 Å². The average molecular weight is 605 g/mol. The van der Waals surface area contributed by atoms with Gasteiger partial charge in [0.15, 0.2) is 0 Å². The fourth-order valence-electron chi connectivity index (χ4n) is 7.05. The van der Waals surface area contributed by atoms with Gasteiger partial charge in [-0.1, -0.05) is 97.1 Å². The summed E-state index contributed by atoms with van der Waals surface area (Å²) in [5, 5.41) is 58.1. The summed E-state index contributed by atoms with van der Waals surface area (Å²) in [4.78, 5) is 0. The van der Waals surface area contributed by atoms with Crippen LogP contribution in [-0.2, 0) is 5.41 Å². The highest BCUT2D eigenvalue weighted by molar-refractivity contribution is 5.93. The third-order valence-electron chi connectivity index (χ3n) is 9.18. The first kappa shape index (κ1) is 28.8. The molecule has 0 saturated carbocycles. The van der Waals surface area contributed by atoms with E-state index in [4.69, 9.17) is 0 Å². The molecule has 46 heavy (non-hydrogen) atoms. The molecule has 0 fully saturated rings. The van der Waals surface area contributed by atoms with E-state index in [9.17, 15) is 25.5 Å². The predicted molar refractivity (Wildman–Crippen MR) is 182 cm³/mol. The Hall–Kier alpha value is -5.94. The van der Waals surface area contributed by atoms with Crippen molar-refractivity contribution in [2.75, 3.05) is 0 Å². The molecule has 0 aliphatic carbocycles. The predicted octanol–water partition coefficient (Wildman–Crippen LogP) is 9.08. The van der Waals surface area contributed by atoms with Crippen molar-refractivity contribution in [3.63, 3.8) is 0 Å². The lowest BCUT2D eigenvalue weighted by Crippen LogP contribution is -2.32. The molecule has 7 rings (SSSR count). The number of fused-ring (bicyclic) bond motifs is 2. The second-order valence-corrected chi connectivity index (χ2v) is 11.7. The third kappa shape index (κ3) is 4.92. The Balaban J connectivity index is 1.62. The van der Waals surface area contributed by atoms with E-state index < -0.39 is 11.3 Å². The lowest BCUT2D eigenvalue weighted by Gasteiger charge is -2.40. The van der Waals surface area contributed by atoms with Gasteiger partial charge in [-0.05, 0) is 93.2 Å². The van der Waals surface area contributed by atoms with Crippen LogP contribution in [0.1, 0.15) is 40.2 Å². The van der Waals surface area contributed by atoms with Gasteiger partial charge in [-0.2, -0.15) is 0 Å². The van der Waals surface area contributed by atoms with Crippen molar-refractivity contribution in [1.82, 2.24) is 0 Å². The van der Waals surface area contributed by atoms with Crippen LogP contribution in [0.4, 0.5) is 0 Å². The first-order valence-corrected chi connectivity index (χ1v) is 15.1. The maximum absolute atomic E-state index is 11.7. The van der Waals surface area contributed by atoms with Crippen LogP contribution in [0.3, 0.4) is 0 Å². The number of hydrogen-bond donors (Lipinski definition) is 5. The topological polar surface area (TPSA) is 101 Å². The first-order valence-electron chi connectivity index (χ1n) is 15.1. The van der Waals surface area contributed by atoms with Crippen LogP contribution in [0.25, 0.3) is 21.5 Å². The minimum absolute atomic E-state index is 0.104. The van der Waals surface area contributed by atoms with Crippen LogP contribution in [-0.4, -0.2) is 25.5 Å². The Labute approximate surface area is 266 Å². The van der Waals surface area contributed by atoms with Crippen LogP contribution in [0.15, 0.2) is 146 Å². The van der Waals surface area contributed by atoms with Crippen LogP contribution in [0, 0.1) is 0 Å². The SMILES string of the molecule is Oc1ccc(C(CC(c2c(O)ccc3ccccc23)c2c(O)ccc3ccccc23)(c2ccc(O)cc2)c2ccc(O)cc2)cc1. The monoisotopic (exact) mass is 604 g/mol. The van der Waals surface area contributed by atoms with Crippen molar-refractivity contribution in [2.45, 2.75) is 17.8 Å².